The Bertz CT molecular complexity index is 111. The Morgan fingerprint density at radius 3 is 1.93 bits per heavy atom. The molecule has 1 heterocycles. The lowest BCUT2D eigenvalue weighted by Crippen LogP contribution is -2.25. The van der Waals surface area contributed by atoms with E-state index in [0.717, 1.165) is 0 Å². The molecule has 1 rings (SSSR count). The third-order valence-electron chi connectivity index (χ3n) is 1.32. The van der Waals surface area contributed by atoms with Gasteiger partial charge in [-0.05, 0) is 13.0 Å². The molecule has 0 saturated carbocycles. The molecule has 1 aliphatic heterocycles. The molecule has 2 nitrogen and oxygen atoms in total. The van der Waals surface area contributed by atoms with Crippen LogP contribution in [-0.4, -0.2) is 25.6 Å². The molecule has 1 aliphatic rings. The summed E-state index contributed by atoms with van der Waals surface area (Å²) in [6.45, 7) is 8.92. The largest absolute Gasteiger partial charge is 0.522 e. The lowest BCUT2D eigenvalue weighted by molar-refractivity contribution is -0.339. The summed E-state index contributed by atoms with van der Waals surface area (Å²) >= 11 is 0. The SMILES string of the molecule is CC.CC.FC(F)(F)OC1CCNC1. The number of nitrogens with one attached hydrogen (secondary N) is 1. The summed E-state index contributed by atoms with van der Waals surface area (Å²) < 4.78 is 38.1. The van der Waals surface area contributed by atoms with Gasteiger partial charge in [-0.3, -0.25) is 4.74 Å². The fourth-order valence-electron chi connectivity index (χ4n) is 0.918. The van der Waals surface area contributed by atoms with E-state index < -0.39 is 12.5 Å². The molecule has 0 spiro atoms. The van der Waals surface area contributed by atoms with Gasteiger partial charge in [0.15, 0.2) is 0 Å². The minimum atomic E-state index is -4.48. The van der Waals surface area contributed by atoms with Crippen LogP contribution in [0.4, 0.5) is 13.2 Å². The van der Waals surface area contributed by atoms with Crippen LogP contribution >= 0.6 is 0 Å². The molecule has 0 aliphatic carbocycles. The molecule has 0 amide bonds. The number of hydrogen-bond acceptors (Lipinski definition) is 2. The first kappa shape index (κ1) is 16.2. The minimum Gasteiger partial charge on any atom is -0.314 e. The number of halogens is 3. The zero-order valence-electron chi connectivity index (χ0n) is 9.24. The molecule has 0 aromatic heterocycles. The van der Waals surface area contributed by atoms with Gasteiger partial charge in [-0.2, -0.15) is 0 Å². The van der Waals surface area contributed by atoms with E-state index in [9.17, 15) is 13.2 Å². The van der Waals surface area contributed by atoms with Gasteiger partial charge in [-0.1, -0.05) is 27.7 Å². The third kappa shape index (κ3) is 9.80. The molecule has 5 heteroatoms. The first-order valence-electron chi connectivity index (χ1n) is 5.03. The molecular weight excluding hydrogens is 195 g/mol. The van der Waals surface area contributed by atoms with E-state index in [1.807, 2.05) is 27.7 Å². The summed E-state index contributed by atoms with van der Waals surface area (Å²) in [5.41, 5.74) is 0. The highest BCUT2D eigenvalue weighted by Crippen LogP contribution is 2.20. The standard InChI is InChI=1S/C5H8F3NO.2C2H6/c6-5(7,8)10-4-1-2-9-3-4;2*1-2/h4,9H,1-3H2;2*1-2H3. The average molecular weight is 215 g/mol. The Kier molecular flexibility index (Phi) is 10.7. The maximum absolute atomic E-state index is 11.5. The maximum Gasteiger partial charge on any atom is 0.522 e. The zero-order chi connectivity index (χ0) is 11.6. The molecule has 1 fully saturated rings. The number of rotatable bonds is 1. The molecule has 88 valence electrons. The highest BCUT2D eigenvalue weighted by Gasteiger charge is 2.34. The quantitative estimate of drug-likeness (QED) is 0.726. The van der Waals surface area contributed by atoms with Crippen molar-refractivity contribution in [1.82, 2.24) is 5.32 Å². The van der Waals surface area contributed by atoms with Crippen molar-refractivity contribution in [1.29, 1.82) is 0 Å². The van der Waals surface area contributed by atoms with E-state index in [2.05, 4.69) is 10.1 Å². The van der Waals surface area contributed by atoms with E-state index in [1.54, 1.807) is 0 Å². The summed E-state index contributed by atoms with van der Waals surface area (Å²) in [4.78, 5) is 0. The first-order chi connectivity index (χ1) is 6.58. The van der Waals surface area contributed by atoms with Crippen LogP contribution in [0.2, 0.25) is 0 Å². The van der Waals surface area contributed by atoms with E-state index in [-0.39, 0.29) is 0 Å². The van der Waals surface area contributed by atoms with Crippen molar-refractivity contribution in [2.45, 2.75) is 46.6 Å². The van der Waals surface area contributed by atoms with E-state index in [1.165, 1.54) is 0 Å². The first-order valence-corrected chi connectivity index (χ1v) is 5.03. The van der Waals surface area contributed by atoms with Crippen molar-refractivity contribution in [3.63, 3.8) is 0 Å². The second kappa shape index (κ2) is 9.27. The summed E-state index contributed by atoms with van der Waals surface area (Å²) in [5, 5.41) is 2.77. The van der Waals surface area contributed by atoms with Gasteiger partial charge in [0, 0.05) is 6.54 Å². The van der Waals surface area contributed by atoms with E-state index >= 15 is 0 Å². The van der Waals surface area contributed by atoms with Crippen LogP contribution in [0.25, 0.3) is 0 Å². The molecule has 0 radical (unpaired) electrons. The smallest absolute Gasteiger partial charge is 0.314 e. The predicted molar refractivity (Wildman–Crippen MR) is 51.1 cm³/mol. The van der Waals surface area contributed by atoms with Crippen LogP contribution < -0.4 is 5.32 Å². The highest BCUT2D eigenvalue weighted by atomic mass is 19.4. The van der Waals surface area contributed by atoms with Crippen LogP contribution in [0.1, 0.15) is 34.1 Å². The lowest BCUT2D eigenvalue weighted by Gasteiger charge is -2.11. The Morgan fingerprint density at radius 2 is 1.64 bits per heavy atom. The second-order valence-electron chi connectivity index (χ2n) is 2.18. The average Bonchev–Trinajstić information content (AvgIpc) is 2.61. The Balaban J connectivity index is 0. The van der Waals surface area contributed by atoms with E-state index in [4.69, 9.17) is 0 Å². The fraction of sp³-hybridized carbons (Fsp3) is 1.00. The molecule has 0 aromatic carbocycles. The molecule has 1 atom stereocenters. The van der Waals surface area contributed by atoms with Crippen LogP contribution in [-0.2, 0) is 4.74 Å². The van der Waals surface area contributed by atoms with Gasteiger partial charge < -0.3 is 5.32 Å². The summed E-state index contributed by atoms with van der Waals surface area (Å²) in [6, 6.07) is 0. The van der Waals surface area contributed by atoms with Gasteiger partial charge in [0.05, 0.1) is 6.10 Å². The van der Waals surface area contributed by atoms with Gasteiger partial charge >= 0.3 is 6.36 Å². The van der Waals surface area contributed by atoms with Gasteiger partial charge in [0.1, 0.15) is 0 Å². The Hall–Kier alpha value is -0.290. The molecule has 14 heavy (non-hydrogen) atoms. The molecule has 0 aromatic rings. The summed E-state index contributed by atoms with van der Waals surface area (Å²) in [7, 11) is 0. The second-order valence-corrected chi connectivity index (χ2v) is 2.18. The zero-order valence-corrected chi connectivity index (χ0v) is 9.24. The summed E-state index contributed by atoms with van der Waals surface area (Å²) in [5.74, 6) is 0. The number of alkyl halides is 3. The Labute approximate surface area is 83.8 Å². The van der Waals surface area contributed by atoms with Crippen molar-refractivity contribution in [2.75, 3.05) is 13.1 Å². The van der Waals surface area contributed by atoms with Crippen molar-refractivity contribution in [2.24, 2.45) is 0 Å². The summed E-state index contributed by atoms with van der Waals surface area (Å²) in [6.07, 6.45) is -4.71. The number of ether oxygens (including phenoxy) is 1. The van der Waals surface area contributed by atoms with Gasteiger partial charge in [-0.15, -0.1) is 13.2 Å². The van der Waals surface area contributed by atoms with Crippen LogP contribution in [0, 0.1) is 0 Å². The minimum absolute atomic E-state index is 0.305. The van der Waals surface area contributed by atoms with Crippen molar-refractivity contribution < 1.29 is 17.9 Å². The van der Waals surface area contributed by atoms with Crippen molar-refractivity contribution >= 4 is 0 Å². The van der Waals surface area contributed by atoms with Crippen LogP contribution in [0.3, 0.4) is 0 Å². The topological polar surface area (TPSA) is 21.3 Å². The highest BCUT2D eigenvalue weighted by molar-refractivity contribution is 4.70. The molecule has 1 saturated heterocycles. The predicted octanol–water partition coefficient (Wildman–Crippen LogP) is 2.94. The number of hydrogen-bond donors (Lipinski definition) is 1. The maximum atomic E-state index is 11.5. The van der Waals surface area contributed by atoms with Crippen molar-refractivity contribution in [3.05, 3.63) is 0 Å². The molecule has 1 unspecified atom stereocenters. The van der Waals surface area contributed by atoms with Gasteiger partial charge in [-0.25, -0.2) is 0 Å². The third-order valence-corrected chi connectivity index (χ3v) is 1.32. The molecule has 0 bridgehead atoms. The van der Waals surface area contributed by atoms with E-state index in [0.29, 0.717) is 19.5 Å². The lowest BCUT2D eigenvalue weighted by atomic mass is 10.3. The monoisotopic (exact) mass is 215 g/mol. The molecular formula is C9H20F3NO. The van der Waals surface area contributed by atoms with Crippen LogP contribution in [0.5, 0.6) is 0 Å². The van der Waals surface area contributed by atoms with Gasteiger partial charge in [0.2, 0.25) is 0 Å². The molecule has 1 N–H and O–H groups in total. The Morgan fingerprint density at radius 1 is 1.14 bits per heavy atom. The fourth-order valence-corrected chi connectivity index (χ4v) is 0.918. The van der Waals surface area contributed by atoms with Gasteiger partial charge in [0.25, 0.3) is 0 Å². The van der Waals surface area contributed by atoms with Crippen molar-refractivity contribution in [3.8, 4) is 0 Å². The van der Waals surface area contributed by atoms with Crippen LogP contribution in [0.15, 0.2) is 0 Å². The normalized spacial score (nSPS) is 20.4.